The molecule has 2 fully saturated rings. The van der Waals surface area contributed by atoms with Crippen LogP contribution >= 0.6 is 0 Å². The Hall–Kier alpha value is -1.01. The Morgan fingerprint density at radius 3 is 2.42 bits per heavy atom. The molecule has 1 aromatic rings. The standard InChI is InChI=1S/C15H26N4O5S2/c1-13(2)19-12-15(10-16-19)26(22,23)18-5-3-4-14(11-18)25(20,21)17-6-8-24-9-7-17/h10,12-14H,3-9,11H2,1-2H3/t14-/m0/s1. The Bertz CT molecular complexity index is 828. The molecule has 11 heteroatoms. The van der Waals surface area contributed by atoms with Crippen LogP contribution < -0.4 is 0 Å². The van der Waals surface area contributed by atoms with Gasteiger partial charge in [-0.2, -0.15) is 13.7 Å². The van der Waals surface area contributed by atoms with E-state index in [1.807, 2.05) is 13.8 Å². The second-order valence-electron chi connectivity index (χ2n) is 6.93. The number of hydrogen-bond donors (Lipinski definition) is 0. The van der Waals surface area contributed by atoms with Crippen LogP contribution in [0.5, 0.6) is 0 Å². The first-order chi connectivity index (χ1) is 12.2. The normalized spacial score (nSPS) is 24.2. The summed E-state index contributed by atoms with van der Waals surface area (Å²) in [4.78, 5) is 0.107. The molecule has 0 aromatic carbocycles. The second kappa shape index (κ2) is 7.55. The molecule has 0 N–H and O–H groups in total. The molecule has 2 aliphatic rings. The topological polar surface area (TPSA) is 102 Å². The van der Waals surface area contributed by atoms with Crippen LogP contribution in [0, 0.1) is 0 Å². The molecule has 3 heterocycles. The van der Waals surface area contributed by atoms with E-state index in [0.717, 1.165) is 0 Å². The van der Waals surface area contributed by atoms with Crippen LogP contribution in [0.3, 0.4) is 0 Å². The summed E-state index contributed by atoms with van der Waals surface area (Å²) in [6.07, 6.45) is 3.82. The maximum atomic E-state index is 12.9. The summed E-state index contributed by atoms with van der Waals surface area (Å²) >= 11 is 0. The van der Waals surface area contributed by atoms with Gasteiger partial charge < -0.3 is 4.74 Å². The summed E-state index contributed by atoms with van der Waals surface area (Å²) in [6.45, 7) is 5.54. The number of sulfonamides is 2. The smallest absolute Gasteiger partial charge is 0.246 e. The van der Waals surface area contributed by atoms with Crippen molar-refractivity contribution in [3.63, 3.8) is 0 Å². The van der Waals surface area contributed by atoms with Gasteiger partial charge in [-0.25, -0.2) is 16.8 Å². The van der Waals surface area contributed by atoms with Gasteiger partial charge in [0.2, 0.25) is 20.0 Å². The van der Waals surface area contributed by atoms with E-state index in [-0.39, 0.29) is 17.5 Å². The van der Waals surface area contributed by atoms with Gasteiger partial charge in [-0.05, 0) is 26.7 Å². The van der Waals surface area contributed by atoms with Gasteiger partial charge in [0.1, 0.15) is 4.90 Å². The highest BCUT2D eigenvalue weighted by Gasteiger charge is 2.39. The molecule has 1 aromatic heterocycles. The van der Waals surface area contributed by atoms with E-state index in [9.17, 15) is 16.8 Å². The molecule has 148 valence electrons. The molecule has 0 bridgehead atoms. The molecule has 0 aliphatic carbocycles. The minimum Gasteiger partial charge on any atom is -0.379 e. The fourth-order valence-electron chi connectivity index (χ4n) is 3.26. The van der Waals surface area contributed by atoms with Crippen LogP contribution in [0.4, 0.5) is 0 Å². The number of hydrogen-bond acceptors (Lipinski definition) is 6. The molecular weight excluding hydrogens is 380 g/mol. The van der Waals surface area contributed by atoms with Crippen LogP contribution in [-0.2, 0) is 24.8 Å². The van der Waals surface area contributed by atoms with E-state index >= 15 is 0 Å². The van der Waals surface area contributed by atoms with Gasteiger partial charge in [-0.1, -0.05) is 0 Å². The van der Waals surface area contributed by atoms with Gasteiger partial charge in [0.15, 0.2) is 0 Å². The molecule has 2 saturated heterocycles. The molecule has 0 radical (unpaired) electrons. The van der Waals surface area contributed by atoms with Crippen molar-refractivity contribution in [1.29, 1.82) is 0 Å². The summed E-state index contributed by atoms with van der Waals surface area (Å²) in [7, 11) is -7.30. The summed E-state index contributed by atoms with van der Waals surface area (Å²) in [5.74, 6) is 0. The van der Waals surface area contributed by atoms with Crippen molar-refractivity contribution in [3.05, 3.63) is 12.4 Å². The zero-order valence-electron chi connectivity index (χ0n) is 15.1. The molecule has 1 atom stereocenters. The highest BCUT2D eigenvalue weighted by molar-refractivity contribution is 7.90. The Balaban J connectivity index is 1.78. The largest absolute Gasteiger partial charge is 0.379 e. The predicted octanol–water partition coefficient (Wildman–Crippen LogP) is 0.279. The van der Waals surface area contributed by atoms with Crippen molar-refractivity contribution < 1.29 is 21.6 Å². The van der Waals surface area contributed by atoms with Gasteiger partial charge in [0.05, 0.1) is 24.7 Å². The van der Waals surface area contributed by atoms with Crippen molar-refractivity contribution in [2.24, 2.45) is 0 Å². The second-order valence-corrected chi connectivity index (χ2v) is 11.1. The average Bonchev–Trinajstić information content (AvgIpc) is 3.14. The fraction of sp³-hybridized carbons (Fsp3) is 0.800. The highest BCUT2D eigenvalue weighted by atomic mass is 32.2. The first-order valence-corrected chi connectivity index (χ1v) is 11.8. The monoisotopic (exact) mass is 406 g/mol. The van der Waals surface area contributed by atoms with Gasteiger partial charge in [-0.15, -0.1) is 0 Å². The fourth-order valence-corrected chi connectivity index (χ4v) is 6.74. The molecule has 0 saturated carbocycles. The third-order valence-electron chi connectivity index (χ3n) is 4.84. The number of aromatic nitrogens is 2. The number of ether oxygens (including phenoxy) is 1. The van der Waals surface area contributed by atoms with Crippen molar-refractivity contribution >= 4 is 20.0 Å². The van der Waals surface area contributed by atoms with Gasteiger partial charge >= 0.3 is 0 Å². The first kappa shape index (κ1) is 19.7. The van der Waals surface area contributed by atoms with E-state index in [1.54, 1.807) is 4.68 Å². The maximum Gasteiger partial charge on any atom is 0.246 e. The SMILES string of the molecule is CC(C)n1cc(S(=O)(=O)N2CCC[C@H](S(=O)(=O)N3CCOCC3)C2)cn1. The van der Waals surface area contributed by atoms with Crippen LogP contribution in [0.1, 0.15) is 32.7 Å². The molecule has 9 nitrogen and oxygen atoms in total. The molecule has 0 amide bonds. The van der Waals surface area contributed by atoms with Gasteiger partial charge in [0.25, 0.3) is 0 Å². The summed E-state index contributed by atoms with van der Waals surface area (Å²) in [5, 5.41) is 3.37. The lowest BCUT2D eigenvalue weighted by Crippen LogP contribution is -2.51. The van der Waals surface area contributed by atoms with Gasteiger partial charge in [0, 0.05) is 38.4 Å². The van der Waals surface area contributed by atoms with Crippen molar-refractivity contribution in [1.82, 2.24) is 18.4 Å². The minimum atomic E-state index is -3.76. The van der Waals surface area contributed by atoms with E-state index < -0.39 is 25.3 Å². The lowest BCUT2D eigenvalue weighted by Gasteiger charge is -2.35. The van der Waals surface area contributed by atoms with Crippen molar-refractivity contribution in [2.75, 3.05) is 39.4 Å². The Morgan fingerprint density at radius 2 is 1.81 bits per heavy atom. The minimum absolute atomic E-state index is 0.0190. The molecule has 26 heavy (non-hydrogen) atoms. The lowest BCUT2D eigenvalue weighted by molar-refractivity contribution is 0.0722. The van der Waals surface area contributed by atoms with E-state index in [2.05, 4.69) is 5.10 Å². The molecule has 0 unspecified atom stereocenters. The van der Waals surface area contributed by atoms with Crippen LogP contribution in [0.25, 0.3) is 0 Å². The lowest BCUT2D eigenvalue weighted by atomic mass is 10.2. The van der Waals surface area contributed by atoms with Crippen LogP contribution in [0.15, 0.2) is 17.3 Å². The third-order valence-corrected chi connectivity index (χ3v) is 8.97. The third kappa shape index (κ3) is 3.81. The zero-order chi connectivity index (χ0) is 18.9. The Morgan fingerprint density at radius 1 is 1.12 bits per heavy atom. The number of rotatable bonds is 5. The van der Waals surface area contributed by atoms with E-state index in [4.69, 9.17) is 4.74 Å². The molecular formula is C15H26N4O5S2. The summed E-state index contributed by atoms with van der Waals surface area (Å²) in [6, 6.07) is 0.0507. The van der Waals surface area contributed by atoms with E-state index in [1.165, 1.54) is 21.0 Å². The summed E-state index contributed by atoms with van der Waals surface area (Å²) < 4.78 is 61.1. The maximum absolute atomic E-state index is 12.9. The zero-order valence-corrected chi connectivity index (χ0v) is 16.7. The van der Waals surface area contributed by atoms with Gasteiger partial charge in [-0.3, -0.25) is 4.68 Å². The Labute approximate surface area is 155 Å². The van der Waals surface area contributed by atoms with Crippen LogP contribution in [-0.4, -0.2) is 79.9 Å². The Kier molecular flexibility index (Phi) is 5.73. The van der Waals surface area contributed by atoms with Crippen LogP contribution in [0.2, 0.25) is 0 Å². The average molecular weight is 407 g/mol. The molecule has 0 spiro atoms. The quantitative estimate of drug-likeness (QED) is 0.696. The number of piperidine rings is 1. The van der Waals surface area contributed by atoms with Crippen molar-refractivity contribution in [2.45, 2.75) is 42.9 Å². The predicted molar refractivity (Wildman–Crippen MR) is 95.7 cm³/mol. The van der Waals surface area contributed by atoms with Crippen molar-refractivity contribution in [3.8, 4) is 0 Å². The molecule has 3 rings (SSSR count). The first-order valence-electron chi connectivity index (χ1n) is 8.84. The highest BCUT2D eigenvalue weighted by Crippen LogP contribution is 2.26. The number of morpholine rings is 1. The number of nitrogens with zero attached hydrogens (tertiary/aromatic N) is 4. The molecule has 2 aliphatic heterocycles. The summed E-state index contributed by atoms with van der Waals surface area (Å²) in [5.41, 5.74) is 0. The van der Waals surface area contributed by atoms with E-state index in [0.29, 0.717) is 45.7 Å².